The number of amides is 1. The van der Waals surface area contributed by atoms with E-state index in [2.05, 4.69) is 5.32 Å². The van der Waals surface area contributed by atoms with Crippen molar-refractivity contribution in [3.05, 3.63) is 59.4 Å². The van der Waals surface area contributed by atoms with Gasteiger partial charge in [0, 0.05) is 5.69 Å². The van der Waals surface area contributed by atoms with Crippen LogP contribution in [0, 0.1) is 19.7 Å². The molecule has 8 heteroatoms. The molecule has 0 aromatic heterocycles. The van der Waals surface area contributed by atoms with Gasteiger partial charge in [-0.05, 0) is 49.2 Å². The maximum Gasteiger partial charge on any atom is 0.279 e. The van der Waals surface area contributed by atoms with Gasteiger partial charge in [-0.25, -0.2) is 12.8 Å². The van der Waals surface area contributed by atoms with Crippen LogP contribution in [0.25, 0.3) is 0 Å². The van der Waals surface area contributed by atoms with E-state index in [1.165, 1.54) is 22.5 Å². The van der Waals surface area contributed by atoms with Gasteiger partial charge < -0.3 is 10.2 Å². The van der Waals surface area contributed by atoms with E-state index in [1.54, 1.807) is 19.1 Å². The highest BCUT2D eigenvalue weighted by molar-refractivity contribution is 7.89. The second kappa shape index (κ2) is 8.38. The lowest BCUT2D eigenvalue weighted by Gasteiger charge is -2.31. The van der Waals surface area contributed by atoms with E-state index in [9.17, 15) is 17.6 Å². The molecule has 0 atom stereocenters. The number of carbonyl (C=O) groups is 1. The number of hydrogen-bond donors (Lipinski definition) is 2. The number of quaternary nitrogens is 1. The SMILES string of the molecule is Cc1ccc(C)c(S(=O)(=O)N2CC[NH+](CC(=O)Nc3cccc(F)c3)CC2)c1. The summed E-state index contributed by atoms with van der Waals surface area (Å²) in [5.41, 5.74) is 2.05. The minimum absolute atomic E-state index is 0.216. The molecule has 1 heterocycles. The zero-order chi connectivity index (χ0) is 20.3. The first-order chi connectivity index (χ1) is 13.3. The summed E-state index contributed by atoms with van der Waals surface area (Å²) in [5, 5.41) is 2.68. The molecule has 1 aliphatic heterocycles. The molecule has 2 aromatic carbocycles. The number of sulfonamides is 1. The predicted octanol–water partition coefficient (Wildman–Crippen LogP) is 0.970. The molecular formula is C20H25FN3O3S+. The topological polar surface area (TPSA) is 70.9 Å². The Morgan fingerprint density at radius 2 is 1.86 bits per heavy atom. The van der Waals surface area contributed by atoms with Crippen LogP contribution in [0.4, 0.5) is 10.1 Å². The molecule has 150 valence electrons. The summed E-state index contributed by atoms with van der Waals surface area (Å²) < 4.78 is 40.6. The molecule has 0 aliphatic carbocycles. The average Bonchev–Trinajstić information content (AvgIpc) is 2.64. The Balaban J connectivity index is 1.58. The Bertz CT molecular complexity index is 970. The number of aryl methyl sites for hydroxylation is 2. The van der Waals surface area contributed by atoms with E-state index in [0.29, 0.717) is 36.8 Å². The molecule has 2 N–H and O–H groups in total. The Morgan fingerprint density at radius 3 is 2.54 bits per heavy atom. The number of rotatable bonds is 5. The Labute approximate surface area is 165 Å². The molecule has 1 amide bonds. The Morgan fingerprint density at radius 1 is 1.14 bits per heavy atom. The van der Waals surface area contributed by atoms with Crippen LogP contribution in [0.5, 0.6) is 0 Å². The van der Waals surface area contributed by atoms with Crippen molar-refractivity contribution in [3.8, 4) is 0 Å². The van der Waals surface area contributed by atoms with Crippen LogP contribution in [0.15, 0.2) is 47.4 Å². The number of nitrogens with one attached hydrogen (secondary N) is 2. The number of nitrogens with zero attached hydrogens (tertiary/aromatic N) is 1. The molecule has 3 rings (SSSR count). The second-order valence-corrected chi connectivity index (χ2v) is 9.06. The fourth-order valence-corrected chi connectivity index (χ4v) is 5.09. The van der Waals surface area contributed by atoms with Gasteiger partial charge in [0.2, 0.25) is 10.0 Å². The number of piperazine rings is 1. The minimum Gasteiger partial charge on any atom is -0.325 e. The quantitative estimate of drug-likeness (QED) is 0.778. The molecule has 1 aliphatic rings. The normalized spacial score (nSPS) is 16.1. The third kappa shape index (κ3) is 4.76. The van der Waals surface area contributed by atoms with Crippen molar-refractivity contribution in [1.82, 2.24) is 4.31 Å². The summed E-state index contributed by atoms with van der Waals surface area (Å²) in [6.07, 6.45) is 0. The van der Waals surface area contributed by atoms with Crippen molar-refractivity contribution < 1.29 is 22.5 Å². The monoisotopic (exact) mass is 406 g/mol. The van der Waals surface area contributed by atoms with Gasteiger partial charge in [0.15, 0.2) is 6.54 Å². The average molecular weight is 407 g/mol. The van der Waals surface area contributed by atoms with E-state index in [-0.39, 0.29) is 12.5 Å². The highest BCUT2D eigenvalue weighted by atomic mass is 32.2. The highest BCUT2D eigenvalue weighted by Gasteiger charge is 2.32. The van der Waals surface area contributed by atoms with Gasteiger partial charge in [-0.2, -0.15) is 4.31 Å². The van der Waals surface area contributed by atoms with Gasteiger partial charge in [0.1, 0.15) is 5.82 Å². The van der Waals surface area contributed by atoms with Gasteiger partial charge in [0.25, 0.3) is 5.91 Å². The van der Waals surface area contributed by atoms with Crippen LogP contribution < -0.4 is 10.2 Å². The maximum atomic E-state index is 13.2. The first-order valence-corrected chi connectivity index (χ1v) is 10.7. The van der Waals surface area contributed by atoms with E-state index < -0.39 is 15.8 Å². The number of hydrogen-bond acceptors (Lipinski definition) is 3. The Hall–Kier alpha value is -2.29. The van der Waals surface area contributed by atoms with Crippen LogP contribution in [0.2, 0.25) is 0 Å². The first kappa shape index (κ1) is 20.4. The van der Waals surface area contributed by atoms with E-state index in [0.717, 1.165) is 16.0 Å². The fourth-order valence-electron chi connectivity index (χ4n) is 3.34. The third-order valence-corrected chi connectivity index (χ3v) is 6.95. The third-order valence-electron chi connectivity index (χ3n) is 4.91. The molecule has 0 bridgehead atoms. The number of benzene rings is 2. The summed E-state index contributed by atoms with van der Waals surface area (Å²) in [6.45, 7) is 5.69. The maximum absolute atomic E-state index is 13.2. The van der Waals surface area contributed by atoms with Crippen molar-refractivity contribution in [3.63, 3.8) is 0 Å². The van der Waals surface area contributed by atoms with Gasteiger partial charge in [-0.1, -0.05) is 18.2 Å². The zero-order valence-corrected chi connectivity index (χ0v) is 16.9. The lowest BCUT2D eigenvalue weighted by atomic mass is 10.2. The molecule has 0 radical (unpaired) electrons. The van der Waals surface area contributed by atoms with E-state index in [1.807, 2.05) is 19.1 Å². The summed E-state index contributed by atoms with van der Waals surface area (Å²) in [5.74, 6) is -0.623. The largest absolute Gasteiger partial charge is 0.325 e. The lowest BCUT2D eigenvalue weighted by molar-refractivity contribution is -0.895. The van der Waals surface area contributed by atoms with Gasteiger partial charge >= 0.3 is 0 Å². The van der Waals surface area contributed by atoms with Crippen LogP contribution in [-0.2, 0) is 14.8 Å². The Kier molecular flexibility index (Phi) is 6.12. The summed E-state index contributed by atoms with van der Waals surface area (Å²) in [7, 11) is -3.54. The molecule has 2 aromatic rings. The molecule has 0 unspecified atom stereocenters. The highest BCUT2D eigenvalue weighted by Crippen LogP contribution is 2.21. The van der Waals surface area contributed by atoms with Gasteiger partial charge in [0.05, 0.1) is 31.1 Å². The lowest BCUT2D eigenvalue weighted by Crippen LogP contribution is -3.15. The fraction of sp³-hybridized carbons (Fsp3) is 0.350. The molecule has 1 saturated heterocycles. The molecular weight excluding hydrogens is 381 g/mol. The van der Waals surface area contributed by atoms with E-state index >= 15 is 0 Å². The molecule has 6 nitrogen and oxygen atoms in total. The number of halogens is 1. The summed E-state index contributed by atoms with van der Waals surface area (Å²) >= 11 is 0. The molecule has 0 saturated carbocycles. The smallest absolute Gasteiger partial charge is 0.279 e. The van der Waals surface area contributed by atoms with Crippen LogP contribution >= 0.6 is 0 Å². The standard InChI is InChI=1S/C20H24FN3O3S/c1-15-6-7-16(2)19(12-15)28(26,27)24-10-8-23(9-11-24)14-20(25)22-18-5-3-4-17(21)13-18/h3-7,12-13H,8-11,14H2,1-2H3,(H,22,25)/p+1. The first-order valence-electron chi connectivity index (χ1n) is 9.22. The van der Waals surface area contributed by atoms with Crippen molar-refractivity contribution >= 4 is 21.6 Å². The second-order valence-electron chi connectivity index (χ2n) is 7.16. The van der Waals surface area contributed by atoms with Crippen LogP contribution in [0.3, 0.4) is 0 Å². The molecule has 0 spiro atoms. The van der Waals surface area contributed by atoms with Crippen molar-refractivity contribution in [2.24, 2.45) is 0 Å². The number of carbonyl (C=O) groups excluding carboxylic acids is 1. The minimum atomic E-state index is -3.54. The van der Waals surface area contributed by atoms with Crippen LogP contribution in [-0.4, -0.2) is 51.4 Å². The van der Waals surface area contributed by atoms with Gasteiger partial charge in [-0.3, -0.25) is 4.79 Å². The van der Waals surface area contributed by atoms with Crippen molar-refractivity contribution in [1.29, 1.82) is 0 Å². The van der Waals surface area contributed by atoms with Crippen LogP contribution in [0.1, 0.15) is 11.1 Å². The van der Waals surface area contributed by atoms with Gasteiger partial charge in [-0.15, -0.1) is 0 Å². The van der Waals surface area contributed by atoms with Crippen molar-refractivity contribution in [2.45, 2.75) is 18.7 Å². The number of anilines is 1. The van der Waals surface area contributed by atoms with Crippen molar-refractivity contribution in [2.75, 3.05) is 38.0 Å². The summed E-state index contributed by atoms with van der Waals surface area (Å²) in [4.78, 5) is 13.5. The molecule has 28 heavy (non-hydrogen) atoms. The molecule has 1 fully saturated rings. The zero-order valence-electron chi connectivity index (χ0n) is 16.0. The van der Waals surface area contributed by atoms with E-state index in [4.69, 9.17) is 0 Å². The summed E-state index contributed by atoms with van der Waals surface area (Å²) in [6, 6.07) is 11.2. The predicted molar refractivity (Wildman–Crippen MR) is 105 cm³/mol.